The molecular formula is C30H33N7O2. The number of aromatic nitrogens is 7. The van der Waals surface area contributed by atoms with Crippen LogP contribution in [0.5, 0.6) is 0 Å². The first-order chi connectivity index (χ1) is 18.9. The highest BCUT2D eigenvalue weighted by molar-refractivity contribution is 5.91. The third-order valence-electron chi connectivity index (χ3n) is 7.80. The molecule has 6 rings (SSSR count). The predicted molar refractivity (Wildman–Crippen MR) is 150 cm³/mol. The van der Waals surface area contributed by atoms with Crippen LogP contribution >= 0.6 is 0 Å². The lowest BCUT2D eigenvalue weighted by Gasteiger charge is -2.27. The maximum absolute atomic E-state index is 11.7. The molecule has 1 aliphatic rings. The van der Waals surface area contributed by atoms with Gasteiger partial charge in [0.15, 0.2) is 11.5 Å². The van der Waals surface area contributed by atoms with Crippen molar-refractivity contribution >= 4 is 11.2 Å². The van der Waals surface area contributed by atoms with Crippen LogP contribution in [0.3, 0.4) is 0 Å². The molecule has 0 amide bonds. The standard InChI is InChI=1S/C30H33N7O2/c1-17(2)21-12-13-31-23(15-21)29-34-26-25(37(29)16-20-10-8-18(3)9-11-20)24(22-7-5-6-19(4)14-22)32-27(33-26)28-35-30(38)39-36-28/h5-7,12-15,17-18,20H,8-11,16H2,1-4H3,(H,35,36,38). The van der Waals surface area contributed by atoms with E-state index in [4.69, 9.17) is 24.5 Å². The van der Waals surface area contributed by atoms with Gasteiger partial charge in [-0.15, -0.1) is 0 Å². The number of nitrogens with one attached hydrogen (secondary N) is 1. The van der Waals surface area contributed by atoms with Gasteiger partial charge in [0.1, 0.15) is 16.9 Å². The van der Waals surface area contributed by atoms with Gasteiger partial charge in [0.25, 0.3) is 0 Å². The number of nitrogens with zero attached hydrogens (tertiary/aromatic N) is 6. The molecule has 0 bridgehead atoms. The zero-order chi connectivity index (χ0) is 27.1. The fourth-order valence-electron chi connectivity index (χ4n) is 5.53. The Labute approximate surface area is 226 Å². The van der Waals surface area contributed by atoms with E-state index in [2.05, 4.69) is 66.7 Å². The van der Waals surface area contributed by atoms with E-state index in [1.165, 1.54) is 31.2 Å². The molecule has 5 aromatic rings. The number of fused-ring (bicyclic) bond motifs is 1. The number of aromatic amines is 1. The lowest BCUT2D eigenvalue weighted by Crippen LogP contribution is -2.18. The molecule has 0 spiro atoms. The van der Waals surface area contributed by atoms with E-state index in [9.17, 15) is 4.79 Å². The van der Waals surface area contributed by atoms with Crippen molar-refractivity contribution in [2.45, 2.75) is 65.8 Å². The fraction of sp³-hybridized carbons (Fsp3) is 0.400. The molecule has 9 heteroatoms. The Hall–Kier alpha value is -4.14. The van der Waals surface area contributed by atoms with Crippen molar-refractivity contribution in [3.63, 3.8) is 0 Å². The predicted octanol–water partition coefficient (Wildman–Crippen LogP) is 6.16. The second-order valence-electron chi connectivity index (χ2n) is 11.2. The second-order valence-corrected chi connectivity index (χ2v) is 11.2. The smallest absolute Gasteiger partial charge is 0.319 e. The maximum Gasteiger partial charge on any atom is 0.439 e. The third kappa shape index (κ3) is 5.01. The monoisotopic (exact) mass is 523 g/mol. The summed E-state index contributed by atoms with van der Waals surface area (Å²) in [7, 11) is 0. The molecule has 200 valence electrons. The first-order valence-corrected chi connectivity index (χ1v) is 13.7. The number of pyridine rings is 1. The Kier molecular flexibility index (Phi) is 6.58. The third-order valence-corrected chi connectivity index (χ3v) is 7.80. The van der Waals surface area contributed by atoms with Crippen LogP contribution in [0.1, 0.15) is 63.5 Å². The number of benzene rings is 1. The van der Waals surface area contributed by atoms with Crippen LogP contribution in [0.4, 0.5) is 0 Å². The Morgan fingerprint density at radius 3 is 2.62 bits per heavy atom. The highest BCUT2D eigenvalue weighted by Crippen LogP contribution is 2.36. The zero-order valence-electron chi connectivity index (χ0n) is 22.8. The summed E-state index contributed by atoms with van der Waals surface area (Å²) >= 11 is 0. The van der Waals surface area contributed by atoms with Crippen molar-refractivity contribution < 1.29 is 4.52 Å². The van der Waals surface area contributed by atoms with Gasteiger partial charge >= 0.3 is 5.76 Å². The van der Waals surface area contributed by atoms with E-state index < -0.39 is 5.76 Å². The van der Waals surface area contributed by atoms with Crippen molar-refractivity contribution in [2.24, 2.45) is 11.8 Å². The molecule has 1 aromatic carbocycles. The van der Waals surface area contributed by atoms with Crippen LogP contribution in [0.25, 0.3) is 45.6 Å². The van der Waals surface area contributed by atoms with Crippen LogP contribution in [0.2, 0.25) is 0 Å². The molecular weight excluding hydrogens is 490 g/mol. The summed E-state index contributed by atoms with van der Waals surface area (Å²) < 4.78 is 7.04. The Bertz CT molecular complexity index is 1690. The van der Waals surface area contributed by atoms with E-state index in [0.29, 0.717) is 17.5 Å². The molecule has 0 radical (unpaired) electrons. The Morgan fingerprint density at radius 1 is 1.08 bits per heavy atom. The van der Waals surface area contributed by atoms with Crippen LogP contribution < -0.4 is 5.76 Å². The number of H-pyrrole nitrogens is 1. The lowest BCUT2D eigenvalue weighted by molar-refractivity contribution is 0.267. The largest absolute Gasteiger partial charge is 0.439 e. The van der Waals surface area contributed by atoms with Crippen LogP contribution in [-0.2, 0) is 6.54 Å². The van der Waals surface area contributed by atoms with Crippen LogP contribution in [-0.4, -0.2) is 34.6 Å². The van der Waals surface area contributed by atoms with Crippen molar-refractivity contribution in [1.82, 2.24) is 34.6 Å². The minimum Gasteiger partial charge on any atom is -0.319 e. The minimum absolute atomic E-state index is 0.174. The van der Waals surface area contributed by atoms with Gasteiger partial charge < -0.3 is 4.57 Å². The summed E-state index contributed by atoms with van der Waals surface area (Å²) in [6, 6.07) is 12.4. The van der Waals surface area contributed by atoms with Crippen molar-refractivity contribution in [2.75, 3.05) is 0 Å². The van der Waals surface area contributed by atoms with E-state index in [0.717, 1.165) is 46.3 Å². The maximum atomic E-state index is 11.7. The molecule has 4 heterocycles. The zero-order valence-corrected chi connectivity index (χ0v) is 22.8. The summed E-state index contributed by atoms with van der Waals surface area (Å²) in [4.78, 5) is 33.8. The number of rotatable bonds is 6. The van der Waals surface area contributed by atoms with Gasteiger partial charge in [0.05, 0.1) is 0 Å². The fourth-order valence-corrected chi connectivity index (χ4v) is 5.53. The summed E-state index contributed by atoms with van der Waals surface area (Å²) in [5.74, 6) is 2.22. The molecule has 0 atom stereocenters. The van der Waals surface area contributed by atoms with Gasteiger partial charge in [-0.1, -0.05) is 62.5 Å². The van der Waals surface area contributed by atoms with Gasteiger partial charge in [-0.25, -0.2) is 19.7 Å². The molecule has 1 fully saturated rings. The first kappa shape index (κ1) is 25.2. The van der Waals surface area contributed by atoms with Gasteiger partial charge in [0, 0.05) is 18.3 Å². The normalized spacial score (nSPS) is 17.8. The van der Waals surface area contributed by atoms with Gasteiger partial charge in [-0.05, 0) is 61.3 Å². The van der Waals surface area contributed by atoms with E-state index >= 15 is 0 Å². The molecule has 1 aliphatic carbocycles. The Balaban J connectivity index is 1.62. The SMILES string of the molecule is Cc1cccc(-c2nc(-c3noc(=O)[nH]3)nc3nc(-c4cc(C(C)C)ccn4)n(CC4CCC(C)CC4)c23)c1. The van der Waals surface area contributed by atoms with Crippen molar-refractivity contribution in [1.29, 1.82) is 0 Å². The van der Waals surface area contributed by atoms with Crippen molar-refractivity contribution in [3.05, 3.63) is 64.3 Å². The van der Waals surface area contributed by atoms with E-state index in [1.807, 2.05) is 18.3 Å². The topological polar surface area (TPSA) is 115 Å². The Morgan fingerprint density at radius 2 is 1.90 bits per heavy atom. The summed E-state index contributed by atoms with van der Waals surface area (Å²) in [6.07, 6.45) is 6.68. The lowest BCUT2D eigenvalue weighted by atomic mass is 9.83. The van der Waals surface area contributed by atoms with Gasteiger partial charge in [0.2, 0.25) is 11.6 Å². The number of hydrogen-bond donors (Lipinski definition) is 1. The summed E-state index contributed by atoms with van der Waals surface area (Å²) in [5, 5.41) is 3.85. The highest BCUT2D eigenvalue weighted by Gasteiger charge is 2.26. The summed E-state index contributed by atoms with van der Waals surface area (Å²) in [5.41, 5.74) is 6.23. The number of hydrogen-bond acceptors (Lipinski definition) is 7. The molecule has 0 saturated heterocycles. The highest BCUT2D eigenvalue weighted by atomic mass is 16.5. The number of imidazole rings is 1. The minimum atomic E-state index is -0.654. The average molecular weight is 524 g/mol. The molecule has 1 N–H and O–H groups in total. The van der Waals surface area contributed by atoms with E-state index in [-0.39, 0.29) is 11.6 Å². The molecule has 39 heavy (non-hydrogen) atoms. The van der Waals surface area contributed by atoms with Crippen LogP contribution in [0, 0.1) is 18.8 Å². The van der Waals surface area contributed by atoms with Gasteiger partial charge in [-0.2, -0.15) is 0 Å². The van der Waals surface area contributed by atoms with Crippen LogP contribution in [0.15, 0.2) is 51.9 Å². The molecule has 4 aromatic heterocycles. The summed E-state index contributed by atoms with van der Waals surface area (Å²) in [6.45, 7) is 9.57. The molecule has 0 aliphatic heterocycles. The quantitative estimate of drug-likeness (QED) is 0.283. The van der Waals surface area contributed by atoms with Crippen molar-refractivity contribution in [3.8, 4) is 34.4 Å². The average Bonchev–Trinajstić information content (AvgIpc) is 3.53. The molecule has 0 unspecified atom stereocenters. The molecule has 1 saturated carbocycles. The molecule has 9 nitrogen and oxygen atoms in total. The number of aryl methyl sites for hydroxylation is 1. The second kappa shape index (κ2) is 10.2. The first-order valence-electron chi connectivity index (χ1n) is 13.7. The van der Waals surface area contributed by atoms with E-state index in [1.54, 1.807) is 0 Å². The van der Waals surface area contributed by atoms with Gasteiger partial charge in [-0.3, -0.25) is 14.5 Å².